The molecule has 0 aromatic heterocycles. The van der Waals surface area contributed by atoms with Gasteiger partial charge in [0.05, 0.1) is 0 Å². The average Bonchev–Trinajstić information content (AvgIpc) is 2.38. The molecule has 0 saturated carbocycles. The molecule has 0 aliphatic carbocycles. The Kier molecular flexibility index (Phi) is 4.00. The Hall–Kier alpha value is -1.80. The van der Waals surface area contributed by atoms with E-state index in [0.717, 1.165) is 21.7 Å². The number of carbonyl (C=O) groups excluding carboxylic acids is 1. The Morgan fingerprint density at radius 2 is 1.50 bits per heavy atom. The van der Waals surface area contributed by atoms with Crippen LogP contribution in [-0.2, 0) is 11.3 Å². The minimum atomic E-state index is -0.0169. The molecule has 2 aromatic carbocycles. The van der Waals surface area contributed by atoms with Crippen molar-refractivity contribution < 1.29 is 4.79 Å². The van der Waals surface area contributed by atoms with Gasteiger partial charge in [0.25, 0.3) is 0 Å². The first kappa shape index (κ1) is 12.7. The zero-order valence-electron chi connectivity index (χ0n) is 10.1. The standard InChI is InChI=1S/C15H14ClNO/c1-11(18)17-10-12-2-4-13(5-3-12)14-6-8-15(16)9-7-14/h2-9H,10H2,1H3,(H,17,18). The predicted molar refractivity (Wildman–Crippen MR) is 74.4 cm³/mol. The first-order chi connectivity index (χ1) is 8.65. The predicted octanol–water partition coefficient (Wildman–Crippen LogP) is 3.64. The third kappa shape index (κ3) is 3.34. The molecule has 1 amide bonds. The molecular weight excluding hydrogens is 246 g/mol. The summed E-state index contributed by atoms with van der Waals surface area (Å²) >= 11 is 5.86. The van der Waals surface area contributed by atoms with Crippen molar-refractivity contribution in [1.82, 2.24) is 5.32 Å². The molecule has 0 unspecified atom stereocenters. The minimum Gasteiger partial charge on any atom is -0.352 e. The molecule has 0 aliphatic rings. The summed E-state index contributed by atoms with van der Waals surface area (Å²) in [5.74, 6) is -0.0169. The molecule has 0 spiro atoms. The van der Waals surface area contributed by atoms with Gasteiger partial charge in [0, 0.05) is 18.5 Å². The van der Waals surface area contributed by atoms with Crippen molar-refractivity contribution in [1.29, 1.82) is 0 Å². The number of amides is 1. The molecule has 0 aliphatic heterocycles. The van der Waals surface area contributed by atoms with Crippen LogP contribution in [0.5, 0.6) is 0 Å². The van der Waals surface area contributed by atoms with Crippen LogP contribution < -0.4 is 5.32 Å². The first-order valence-corrected chi connectivity index (χ1v) is 6.12. The van der Waals surface area contributed by atoms with Crippen molar-refractivity contribution >= 4 is 17.5 Å². The summed E-state index contributed by atoms with van der Waals surface area (Å²) in [6, 6.07) is 15.8. The maximum absolute atomic E-state index is 10.8. The summed E-state index contributed by atoms with van der Waals surface area (Å²) in [6.07, 6.45) is 0. The van der Waals surface area contributed by atoms with Crippen LogP contribution in [0.3, 0.4) is 0 Å². The Morgan fingerprint density at radius 1 is 1.00 bits per heavy atom. The second-order valence-electron chi connectivity index (χ2n) is 4.11. The monoisotopic (exact) mass is 259 g/mol. The van der Waals surface area contributed by atoms with Crippen LogP contribution in [0.25, 0.3) is 11.1 Å². The summed E-state index contributed by atoms with van der Waals surface area (Å²) in [6.45, 7) is 2.08. The SMILES string of the molecule is CC(=O)NCc1ccc(-c2ccc(Cl)cc2)cc1. The van der Waals surface area contributed by atoms with Gasteiger partial charge >= 0.3 is 0 Å². The van der Waals surface area contributed by atoms with Crippen LogP contribution >= 0.6 is 11.6 Å². The van der Waals surface area contributed by atoms with Crippen LogP contribution in [0.1, 0.15) is 12.5 Å². The van der Waals surface area contributed by atoms with Gasteiger partial charge in [-0.15, -0.1) is 0 Å². The number of hydrogen-bond donors (Lipinski definition) is 1. The Bertz CT molecular complexity index is 531. The van der Waals surface area contributed by atoms with Crippen molar-refractivity contribution in [2.45, 2.75) is 13.5 Å². The summed E-state index contributed by atoms with van der Waals surface area (Å²) in [7, 11) is 0. The van der Waals surface area contributed by atoms with Crippen LogP contribution in [0.15, 0.2) is 48.5 Å². The second kappa shape index (κ2) is 5.69. The van der Waals surface area contributed by atoms with Gasteiger partial charge in [0.2, 0.25) is 5.91 Å². The molecule has 92 valence electrons. The van der Waals surface area contributed by atoms with E-state index in [1.165, 1.54) is 6.92 Å². The molecule has 0 bridgehead atoms. The molecule has 0 radical (unpaired) electrons. The number of halogens is 1. The van der Waals surface area contributed by atoms with E-state index in [1.807, 2.05) is 48.5 Å². The molecule has 1 N–H and O–H groups in total. The lowest BCUT2D eigenvalue weighted by Crippen LogP contribution is -2.18. The summed E-state index contributed by atoms with van der Waals surface area (Å²) in [5, 5.41) is 3.51. The normalized spacial score (nSPS) is 10.1. The van der Waals surface area contributed by atoms with Crippen molar-refractivity contribution in [3.05, 3.63) is 59.1 Å². The van der Waals surface area contributed by atoms with Gasteiger partial charge in [-0.3, -0.25) is 4.79 Å². The highest BCUT2D eigenvalue weighted by Gasteiger charge is 1.99. The smallest absolute Gasteiger partial charge is 0.217 e. The van der Waals surface area contributed by atoms with Gasteiger partial charge in [0.15, 0.2) is 0 Å². The first-order valence-electron chi connectivity index (χ1n) is 5.74. The highest BCUT2D eigenvalue weighted by atomic mass is 35.5. The molecule has 2 rings (SSSR count). The molecule has 0 saturated heterocycles. The Morgan fingerprint density at radius 3 is 2.00 bits per heavy atom. The Balaban J connectivity index is 2.12. The number of carbonyl (C=O) groups is 1. The van der Waals surface area contributed by atoms with Crippen molar-refractivity contribution in [2.24, 2.45) is 0 Å². The molecular formula is C15H14ClNO. The number of hydrogen-bond acceptors (Lipinski definition) is 1. The van der Waals surface area contributed by atoms with Crippen LogP contribution in [-0.4, -0.2) is 5.91 Å². The average molecular weight is 260 g/mol. The molecule has 0 fully saturated rings. The summed E-state index contributed by atoms with van der Waals surface area (Å²) in [5.41, 5.74) is 3.35. The maximum Gasteiger partial charge on any atom is 0.217 e. The third-order valence-corrected chi connectivity index (χ3v) is 2.92. The second-order valence-corrected chi connectivity index (χ2v) is 4.55. The van der Waals surface area contributed by atoms with E-state index in [-0.39, 0.29) is 5.91 Å². The van der Waals surface area contributed by atoms with E-state index in [4.69, 9.17) is 11.6 Å². The van der Waals surface area contributed by atoms with Crippen molar-refractivity contribution in [3.8, 4) is 11.1 Å². The van der Waals surface area contributed by atoms with Gasteiger partial charge in [-0.1, -0.05) is 48.0 Å². The van der Waals surface area contributed by atoms with E-state index >= 15 is 0 Å². The molecule has 3 heteroatoms. The highest BCUT2D eigenvalue weighted by Crippen LogP contribution is 2.21. The van der Waals surface area contributed by atoms with Gasteiger partial charge in [-0.05, 0) is 28.8 Å². The fourth-order valence-corrected chi connectivity index (χ4v) is 1.81. The maximum atomic E-state index is 10.8. The quantitative estimate of drug-likeness (QED) is 0.896. The lowest BCUT2D eigenvalue weighted by atomic mass is 10.0. The minimum absolute atomic E-state index is 0.0169. The number of benzene rings is 2. The zero-order chi connectivity index (χ0) is 13.0. The van der Waals surface area contributed by atoms with Gasteiger partial charge in [0.1, 0.15) is 0 Å². The molecule has 0 atom stereocenters. The van der Waals surface area contributed by atoms with Gasteiger partial charge < -0.3 is 5.32 Å². The van der Waals surface area contributed by atoms with Crippen LogP contribution in [0.4, 0.5) is 0 Å². The largest absolute Gasteiger partial charge is 0.352 e. The van der Waals surface area contributed by atoms with Crippen molar-refractivity contribution in [2.75, 3.05) is 0 Å². The molecule has 2 aromatic rings. The number of rotatable bonds is 3. The van der Waals surface area contributed by atoms with E-state index < -0.39 is 0 Å². The lowest BCUT2D eigenvalue weighted by Gasteiger charge is -2.05. The van der Waals surface area contributed by atoms with E-state index in [9.17, 15) is 4.79 Å². The van der Waals surface area contributed by atoms with E-state index in [2.05, 4.69) is 5.32 Å². The Labute approximate surface area is 112 Å². The fourth-order valence-electron chi connectivity index (χ4n) is 1.68. The fraction of sp³-hybridized carbons (Fsp3) is 0.133. The van der Waals surface area contributed by atoms with Gasteiger partial charge in [-0.2, -0.15) is 0 Å². The summed E-state index contributed by atoms with van der Waals surface area (Å²) < 4.78 is 0. The lowest BCUT2D eigenvalue weighted by molar-refractivity contribution is -0.119. The third-order valence-electron chi connectivity index (χ3n) is 2.67. The number of nitrogens with one attached hydrogen (secondary N) is 1. The van der Waals surface area contributed by atoms with E-state index in [1.54, 1.807) is 0 Å². The molecule has 18 heavy (non-hydrogen) atoms. The van der Waals surface area contributed by atoms with E-state index in [0.29, 0.717) is 6.54 Å². The van der Waals surface area contributed by atoms with Crippen LogP contribution in [0.2, 0.25) is 5.02 Å². The van der Waals surface area contributed by atoms with Crippen LogP contribution in [0, 0.1) is 0 Å². The van der Waals surface area contributed by atoms with Crippen molar-refractivity contribution in [3.63, 3.8) is 0 Å². The van der Waals surface area contributed by atoms with Gasteiger partial charge in [-0.25, -0.2) is 0 Å². The topological polar surface area (TPSA) is 29.1 Å². The zero-order valence-corrected chi connectivity index (χ0v) is 10.9. The molecule has 2 nitrogen and oxygen atoms in total. The highest BCUT2D eigenvalue weighted by molar-refractivity contribution is 6.30. The summed E-state index contributed by atoms with van der Waals surface area (Å²) in [4.78, 5) is 10.8. The molecule has 0 heterocycles.